The number of H-pyrrole nitrogens is 2. The molecule has 7 nitrogen and oxygen atoms in total. The van der Waals surface area contributed by atoms with Gasteiger partial charge in [-0.25, -0.2) is 4.98 Å². The number of nitrogens with one attached hydrogen (secondary N) is 2. The highest BCUT2D eigenvalue weighted by Crippen LogP contribution is 2.27. The van der Waals surface area contributed by atoms with Gasteiger partial charge in [-0.1, -0.05) is 0 Å². The first-order chi connectivity index (χ1) is 10.8. The van der Waals surface area contributed by atoms with Crippen LogP contribution in [-0.2, 0) is 0 Å². The fourth-order valence-electron chi connectivity index (χ4n) is 3.02. The number of rotatable bonds is 2. The molecule has 2 N–H and O–H groups in total. The Balaban J connectivity index is 1.56. The van der Waals surface area contributed by atoms with Crippen molar-refractivity contribution in [3.63, 3.8) is 0 Å². The second-order valence-corrected chi connectivity index (χ2v) is 5.60. The van der Waals surface area contributed by atoms with Crippen molar-refractivity contribution in [3.8, 4) is 0 Å². The molecule has 3 aromatic rings. The number of hydrogen-bond acceptors (Lipinski definition) is 4. The number of carbonyl (C=O) groups is 1. The summed E-state index contributed by atoms with van der Waals surface area (Å²) in [7, 11) is 0. The first-order valence-electron chi connectivity index (χ1n) is 7.40. The average Bonchev–Trinajstić information content (AvgIpc) is 3.25. The van der Waals surface area contributed by atoms with Crippen LogP contribution in [0.4, 0.5) is 0 Å². The highest BCUT2D eigenvalue weighted by molar-refractivity contribution is 5.92. The van der Waals surface area contributed by atoms with E-state index < -0.39 is 0 Å². The topological polar surface area (TPSA) is 90.6 Å². The molecular weight excluding hydrogens is 280 g/mol. The average molecular weight is 296 g/mol. The summed E-state index contributed by atoms with van der Waals surface area (Å²) in [6.07, 6.45) is 5.38. The minimum atomic E-state index is 0.00446. The second-order valence-electron chi connectivity index (χ2n) is 5.60. The Kier molecular flexibility index (Phi) is 3.10. The van der Waals surface area contributed by atoms with Crippen molar-refractivity contribution < 1.29 is 4.79 Å². The van der Waals surface area contributed by atoms with Gasteiger partial charge in [-0.2, -0.15) is 10.2 Å². The highest BCUT2D eigenvalue weighted by Gasteiger charge is 2.27. The van der Waals surface area contributed by atoms with Crippen molar-refractivity contribution in [1.82, 2.24) is 30.3 Å². The fourth-order valence-corrected chi connectivity index (χ4v) is 3.02. The SMILES string of the molecule is O=C(c1ccn[nH]1)N1CCC[C@@H](c2ccc3cn[nH]c3n2)C1. The first-order valence-corrected chi connectivity index (χ1v) is 7.40. The van der Waals surface area contributed by atoms with E-state index in [0.29, 0.717) is 12.2 Å². The lowest BCUT2D eigenvalue weighted by molar-refractivity contribution is 0.0700. The van der Waals surface area contributed by atoms with Gasteiger partial charge >= 0.3 is 0 Å². The van der Waals surface area contributed by atoms with Gasteiger partial charge in [0.25, 0.3) is 5.91 Å². The normalized spacial score (nSPS) is 18.7. The Morgan fingerprint density at radius 1 is 1.23 bits per heavy atom. The Bertz CT molecular complexity index is 793. The van der Waals surface area contributed by atoms with E-state index in [0.717, 1.165) is 36.1 Å². The maximum absolute atomic E-state index is 12.4. The van der Waals surface area contributed by atoms with Crippen LogP contribution in [0.15, 0.2) is 30.6 Å². The molecule has 1 fully saturated rings. The molecular formula is C15H16N6O. The van der Waals surface area contributed by atoms with E-state index in [2.05, 4.69) is 25.4 Å². The van der Waals surface area contributed by atoms with E-state index in [1.807, 2.05) is 17.0 Å². The van der Waals surface area contributed by atoms with Gasteiger partial charge in [-0.3, -0.25) is 15.0 Å². The molecule has 7 heteroatoms. The zero-order valence-corrected chi connectivity index (χ0v) is 12.0. The van der Waals surface area contributed by atoms with Crippen molar-refractivity contribution in [2.24, 2.45) is 0 Å². The van der Waals surface area contributed by atoms with E-state index in [-0.39, 0.29) is 11.8 Å². The lowest BCUT2D eigenvalue weighted by Gasteiger charge is -2.32. The number of likely N-dealkylation sites (tertiary alicyclic amines) is 1. The number of aromatic nitrogens is 5. The number of hydrogen-bond donors (Lipinski definition) is 2. The number of pyridine rings is 1. The van der Waals surface area contributed by atoms with Crippen LogP contribution < -0.4 is 0 Å². The van der Waals surface area contributed by atoms with Gasteiger partial charge in [-0.05, 0) is 31.0 Å². The van der Waals surface area contributed by atoms with Crippen molar-refractivity contribution in [2.45, 2.75) is 18.8 Å². The molecule has 1 aliphatic rings. The molecule has 1 atom stereocenters. The first kappa shape index (κ1) is 13.0. The van der Waals surface area contributed by atoms with E-state index in [1.165, 1.54) is 0 Å². The van der Waals surface area contributed by atoms with Crippen LogP contribution in [0, 0.1) is 0 Å². The summed E-state index contributed by atoms with van der Waals surface area (Å²) in [4.78, 5) is 18.9. The molecule has 0 aromatic carbocycles. The van der Waals surface area contributed by atoms with E-state index in [1.54, 1.807) is 18.5 Å². The zero-order chi connectivity index (χ0) is 14.9. The van der Waals surface area contributed by atoms with Gasteiger partial charge in [0.2, 0.25) is 0 Å². The predicted molar refractivity (Wildman–Crippen MR) is 80.4 cm³/mol. The molecule has 0 saturated carbocycles. The third-order valence-corrected chi connectivity index (χ3v) is 4.18. The van der Waals surface area contributed by atoms with Crippen molar-refractivity contribution in [2.75, 3.05) is 13.1 Å². The van der Waals surface area contributed by atoms with Crippen molar-refractivity contribution in [1.29, 1.82) is 0 Å². The third-order valence-electron chi connectivity index (χ3n) is 4.18. The van der Waals surface area contributed by atoms with Crippen LogP contribution in [0.1, 0.15) is 34.9 Å². The summed E-state index contributed by atoms with van der Waals surface area (Å²) in [6.45, 7) is 1.46. The van der Waals surface area contributed by atoms with Crippen LogP contribution >= 0.6 is 0 Å². The monoisotopic (exact) mass is 296 g/mol. The summed E-state index contributed by atoms with van der Waals surface area (Å²) < 4.78 is 0. The van der Waals surface area contributed by atoms with E-state index in [9.17, 15) is 4.79 Å². The van der Waals surface area contributed by atoms with Crippen LogP contribution in [0.5, 0.6) is 0 Å². The molecule has 0 unspecified atom stereocenters. The molecule has 1 aliphatic heterocycles. The molecule has 1 saturated heterocycles. The molecule has 0 aliphatic carbocycles. The Hall–Kier alpha value is -2.70. The number of amides is 1. The maximum atomic E-state index is 12.4. The molecule has 0 radical (unpaired) electrons. The summed E-state index contributed by atoms with van der Waals surface area (Å²) in [5, 5.41) is 14.5. The minimum Gasteiger partial charge on any atom is -0.337 e. The maximum Gasteiger partial charge on any atom is 0.271 e. The Labute approximate surface area is 126 Å². The van der Waals surface area contributed by atoms with Crippen LogP contribution in [0.2, 0.25) is 0 Å². The molecule has 4 rings (SSSR count). The standard InChI is InChI=1S/C15H16N6O/c22-15(13-5-6-16-19-13)21-7-1-2-11(9-21)12-4-3-10-8-17-20-14(10)18-12/h3-6,8,11H,1-2,7,9H2,(H,16,19)(H,17,18,20)/t11-/m1/s1. The molecule has 1 amide bonds. The number of fused-ring (bicyclic) bond motifs is 1. The smallest absolute Gasteiger partial charge is 0.271 e. The minimum absolute atomic E-state index is 0.00446. The lowest BCUT2D eigenvalue weighted by Crippen LogP contribution is -2.39. The van der Waals surface area contributed by atoms with Gasteiger partial charge in [0, 0.05) is 36.3 Å². The Morgan fingerprint density at radius 2 is 2.18 bits per heavy atom. The largest absolute Gasteiger partial charge is 0.337 e. The number of carbonyl (C=O) groups excluding carboxylic acids is 1. The number of nitrogens with zero attached hydrogens (tertiary/aromatic N) is 4. The summed E-state index contributed by atoms with van der Waals surface area (Å²) in [6, 6.07) is 5.77. The second kappa shape index (κ2) is 5.25. The molecule has 22 heavy (non-hydrogen) atoms. The number of piperidine rings is 1. The van der Waals surface area contributed by atoms with Crippen LogP contribution in [0.3, 0.4) is 0 Å². The van der Waals surface area contributed by atoms with Gasteiger partial charge in [0.05, 0.1) is 6.20 Å². The summed E-state index contributed by atoms with van der Waals surface area (Å²) >= 11 is 0. The lowest BCUT2D eigenvalue weighted by atomic mass is 9.94. The predicted octanol–water partition coefficient (Wildman–Crippen LogP) is 1.70. The molecule has 0 bridgehead atoms. The summed E-state index contributed by atoms with van der Waals surface area (Å²) in [5.41, 5.74) is 2.35. The van der Waals surface area contributed by atoms with Crippen molar-refractivity contribution >= 4 is 16.9 Å². The van der Waals surface area contributed by atoms with Crippen molar-refractivity contribution in [3.05, 3.63) is 42.0 Å². The van der Waals surface area contributed by atoms with Gasteiger partial charge in [0.1, 0.15) is 5.69 Å². The van der Waals surface area contributed by atoms with E-state index in [4.69, 9.17) is 0 Å². The van der Waals surface area contributed by atoms with Gasteiger partial charge < -0.3 is 4.90 Å². The zero-order valence-electron chi connectivity index (χ0n) is 12.0. The van der Waals surface area contributed by atoms with Gasteiger partial charge in [0.15, 0.2) is 5.65 Å². The molecule has 4 heterocycles. The van der Waals surface area contributed by atoms with E-state index >= 15 is 0 Å². The molecule has 112 valence electrons. The molecule has 0 spiro atoms. The Morgan fingerprint density at radius 3 is 3.05 bits per heavy atom. The van der Waals surface area contributed by atoms with Crippen LogP contribution in [0.25, 0.3) is 11.0 Å². The third kappa shape index (κ3) is 2.24. The van der Waals surface area contributed by atoms with Gasteiger partial charge in [-0.15, -0.1) is 0 Å². The molecule has 3 aromatic heterocycles. The quantitative estimate of drug-likeness (QED) is 0.753. The highest BCUT2D eigenvalue weighted by atomic mass is 16.2. The number of aromatic amines is 2. The van der Waals surface area contributed by atoms with Crippen LogP contribution in [-0.4, -0.2) is 49.3 Å². The fraction of sp³-hybridized carbons (Fsp3) is 0.333. The summed E-state index contributed by atoms with van der Waals surface area (Å²) in [5.74, 6) is 0.262.